The van der Waals surface area contributed by atoms with Crippen LogP contribution in [0.4, 0.5) is 45.2 Å². The molecule has 1 unspecified atom stereocenters. The lowest BCUT2D eigenvalue weighted by molar-refractivity contribution is -0.389. The predicted molar refractivity (Wildman–Crippen MR) is 94.8 cm³/mol. The molecule has 1 amide bonds. The standard InChI is InChI=1S/C20H16F9NO/c1-3-12-10-14(17(21,19(24,25)26)18(22,23)20(27,28)29)9-11(2)15(12)30-16(31)13-7-5-4-6-8-13/h4-10H,3H2,1-2H3,(H,30,31). The number of carbonyl (C=O) groups is 1. The molecule has 11 heteroatoms. The topological polar surface area (TPSA) is 29.1 Å². The Morgan fingerprint density at radius 1 is 0.871 bits per heavy atom. The first-order chi connectivity index (χ1) is 14.1. The molecule has 0 radical (unpaired) electrons. The van der Waals surface area contributed by atoms with Crippen molar-refractivity contribution < 1.29 is 44.3 Å². The summed E-state index contributed by atoms with van der Waals surface area (Å²) in [6.07, 6.45) is -13.6. The summed E-state index contributed by atoms with van der Waals surface area (Å²) in [6, 6.07) is 8.02. The van der Waals surface area contributed by atoms with Crippen LogP contribution in [0.25, 0.3) is 0 Å². The molecule has 0 aliphatic heterocycles. The van der Waals surface area contributed by atoms with E-state index >= 15 is 0 Å². The van der Waals surface area contributed by atoms with Gasteiger partial charge in [-0.2, -0.15) is 35.1 Å². The third kappa shape index (κ3) is 4.22. The molecule has 31 heavy (non-hydrogen) atoms. The average Bonchev–Trinajstić information content (AvgIpc) is 2.67. The van der Waals surface area contributed by atoms with Crippen molar-refractivity contribution in [1.82, 2.24) is 0 Å². The van der Waals surface area contributed by atoms with Gasteiger partial charge in [-0.1, -0.05) is 31.2 Å². The predicted octanol–water partition coefficient (Wildman–Crippen LogP) is 6.73. The van der Waals surface area contributed by atoms with Crippen molar-refractivity contribution in [3.05, 3.63) is 64.7 Å². The van der Waals surface area contributed by atoms with E-state index in [1.54, 1.807) is 6.07 Å². The SMILES string of the molecule is CCc1cc(C(F)(C(F)(F)F)C(F)(F)C(F)(F)F)cc(C)c1NC(=O)c1ccccc1. The molecule has 2 nitrogen and oxygen atoms in total. The molecule has 1 N–H and O–H groups in total. The number of carbonyl (C=O) groups excluding carboxylic acids is 1. The molecule has 0 aliphatic rings. The van der Waals surface area contributed by atoms with Crippen LogP contribution in [0.1, 0.15) is 34.0 Å². The summed E-state index contributed by atoms with van der Waals surface area (Å²) >= 11 is 0. The molecule has 0 spiro atoms. The summed E-state index contributed by atoms with van der Waals surface area (Å²) in [5.41, 5.74) is -8.46. The lowest BCUT2D eigenvalue weighted by atomic mass is 9.85. The van der Waals surface area contributed by atoms with Crippen LogP contribution >= 0.6 is 0 Å². The Balaban J connectivity index is 2.65. The zero-order chi connectivity index (χ0) is 23.8. The van der Waals surface area contributed by atoms with Crippen LogP contribution < -0.4 is 5.32 Å². The van der Waals surface area contributed by atoms with Crippen LogP contribution in [-0.4, -0.2) is 24.2 Å². The van der Waals surface area contributed by atoms with Gasteiger partial charge in [0.05, 0.1) is 0 Å². The molecule has 2 aromatic carbocycles. The summed E-state index contributed by atoms with van der Waals surface area (Å²) in [4.78, 5) is 12.3. The minimum atomic E-state index is -6.81. The first kappa shape index (κ1) is 24.5. The van der Waals surface area contributed by atoms with Crippen LogP contribution in [0.5, 0.6) is 0 Å². The first-order valence-corrected chi connectivity index (χ1v) is 8.78. The largest absolute Gasteiger partial charge is 0.457 e. The van der Waals surface area contributed by atoms with Gasteiger partial charge in [-0.3, -0.25) is 4.79 Å². The van der Waals surface area contributed by atoms with E-state index in [0.29, 0.717) is 0 Å². The van der Waals surface area contributed by atoms with E-state index < -0.39 is 35.4 Å². The molecule has 0 saturated carbocycles. The highest BCUT2D eigenvalue weighted by Gasteiger charge is 2.81. The van der Waals surface area contributed by atoms with Gasteiger partial charge in [-0.15, -0.1) is 0 Å². The van der Waals surface area contributed by atoms with E-state index in [-0.39, 0.29) is 40.9 Å². The molecule has 170 valence electrons. The smallest absolute Gasteiger partial charge is 0.321 e. The molecule has 0 heterocycles. The van der Waals surface area contributed by atoms with Crippen LogP contribution in [-0.2, 0) is 12.1 Å². The second-order valence-electron chi connectivity index (χ2n) is 6.73. The van der Waals surface area contributed by atoms with E-state index in [4.69, 9.17) is 0 Å². The van der Waals surface area contributed by atoms with Crippen molar-refractivity contribution >= 4 is 11.6 Å². The molecular formula is C20H16F9NO. The summed E-state index contributed by atoms with van der Waals surface area (Å²) in [7, 11) is 0. The summed E-state index contributed by atoms with van der Waals surface area (Å²) in [5.74, 6) is -7.46. The van der Waals surface area contributed by atoms with Gasteiger partial charge in [0.25, 0.3) is 5.91 Å². The van der Waals surface area contributed by atoms with Crippen molar-refractivity contribution in [3.63, 3.8) is 0 Å². The quantitative estimate of drug-likeness (QED) is 0.496. The van der Waals surface area contributed by atoms with Crippen molar-refractivity contribution in [2.24, 2.45) is 0 Å². The second kappa shape index (κ2) is 8.08. The maximum Gasteiger partial charge on any atom is 0.457 e. The van der Waals surface area contributed by atoms with E-state index in [2.05, 4.69) is 5.32 Å². The fraction of sp³-hybridized carbons (Fsp3) is 0.350. The Bertz CT molecular complexity index is 952. The number of nitrogens with one attached hydrogen (secondary N) is 1. The zero-order valence-corrected chi connectivity index (χ0v) is 16.1. The van der Waals surface area contributed by atoms with Crippen molar-refractivity contribution in [1.29, 1.82) is 0 Å². The molecule has 2 aromatic rings. The molecule has 0 fully saturated rings. The number of benzene rings is 2. The van der Waals surface area contributed by atoms with Gasteiger partial charge in [0.2, 0.25) is 0 Å². The Kier molecular flexibility index (Phi) is 6.40. The Hall–Kier alpha value is -2.72. The van der Waals surface area contributed by atoms with E-state index in [1.807, 2.05) is 0 Å². The highest BCUT2D eigenvalue weighted by Crippen LogP contribution is 2.58. The van der Waals surface area contributed by atoms with Gasteiger partial charge in [0, 0.05) is 16.8 Å². The third-order valence-electron chi connectivity index (χ3n) is 4.65. The van der Waals surface area contributed by atoms with E-state index in [0.717, 1.165) is 6.92 Å². The van der Waals surface area contributed by atoms with Crippen molar-refractivity contribution in [2.45, 2.75) is 44.2 Å². The average molecular weight is 457 g/mol. The van der Waals surface area contributed by atoms with Crippen LogP contribution in [0.3, 0.4) is 0 Å². The third-order valence-corrected chi connectivity index (χ3v) is 4.65. The number of aryl methyl sites for hydroxylation is 2. The fourth-order valence-electron chi connectivity index (χ4n) is 3.01. The number of alkyl halides is 9. The second-order valence-corrected chi connectivity index (χ2v) is 6.73. The molecule has 1 atom stereocenters. The Labute approximate surface area is 171 Å². The van der Waals surface area contributed by atoms with Gasteiger partial charge in [0.15, 0.2) is 0 Å². The minimum Gasteiger partial charge on any atom is -0.321 e. The molecule has 0 aromatic heterocycles. The van der Waals surface area contributed by atoms with E-state index in [9.17, 15) is 44.3 Å². The van der Waals surface area contributed by atoms with Crippen LogP contribution in [0, 0.1) is 6.92 Å². The summed E-state index contributed by atoms with van der Waals surface area (Å²) in [6.45, 7) is 2.41. The lowest BCUT2D eigenvalue weighted by Crippen LogP contribution is -2.59. The summed E-state index contributed by atoms with van der Waals surface area (Å²) in [5, 5.41) is 2.38. The maximum atomic E-state index is 14.8. The normalized spacial score (nSPS) is 14.8. The number of amides is 1. The number of hydrogen-bond donors (Lipinski definition) is 1. The lowest BCUT2D eigenvalue weighted by Gasteiger charge is -2.36. The van der Waals surface area contributed by atoms with E-state index in [1.165, 1.54) is 31.2 Å². The van der Waals surface area contributed by atoms with Gasteiger partial charge in [-0.25, -0.2) is 4.39 Å². The number of rotatable bonds is 5. The minimum absolute atomic E-state index is 0.111. The highest BCUT2D eigenvalue weighted by atomic mass is 19.4. The fourth-order valence-corrected chi connectivity index (χ4v) is 3.01. The van der Waals surface area contributed by atoms with Crippen LogP contribution in [0.15, 0.2) is 42.5 Å². The monoisotopic (exact) mass is 457 g/mol. The number of anilines is 1. The van der Waals surface area contributed by atoms with Crippen LogP contribution in [0.2, 0.25) is 0 Å². The van der Waals surface area contributed by atoms with Gasteiger partial charge < -0.3 is 5.32 Å². The summed E-state index contributed by atoms with van der Waals surface area (Å²) < 4.78 is 120. The Morgan fingerprint density at radius 2 is 1.42 bits per heavy atom. The molecule has 0 saturated heterocycles. The number of halogens is 9. The van der Waals surface area contributed by atoms with Crippen molar-refractivity contribution in [3.8, 4) is 0 Å². The zero-order valence-electron chi connectivity index (χ0n) is 16.1. The molecule has 0 bridgehead atoms. The molecular weight excluding hydrogens is 441 g/mol. The van der Waals surface area contributed by atoms with Gasteiger partial charge in [-0.05, 0) is 42.7 Å². The first-order valence-electron chi connectivity index (χ1n) is 8.78. The molecule has 2 rings (SSSR count). The van der Waals surface area contributed by atoms with Gasteiger partial charge in [0.1, 0.15) is 0 Å². The maximum absolute atomic E-state index is 14.8. The molecule has 0 aliphatic carbocycles. The highest BCUT2D eigenvalue weighted by molar-refractivity contribution is 6.05. The number of hydrogen-bond acceptors (Lipinski definition) is 1. The van der Waals surface area contributed by atoms with Gasteiger partial charge >= 0.3 is 23.9 Å². The Morgan fingerprint density at radius 3 is 1.87 bits per heavy atom. The van der Waals surface area contributed by atoms with Crippen molar-refractivity contribution in [2.75, 3.05) is 5.32 Å².